The Labute approximate surface area is 127 Å². The summed E-state index contributed by atoms with van der Waals surface area (Å²) < 4.78 is 1.75. The lowest BCUT2D eigenvalue weighted by molar-refractivity contribution is -0.114. The summed E-state index contributed by atoms with van der Waals surface area (Å²) in [5, 5.41) is 16.7. The van der Waals surface area contributed by atoms with Gasteiger partial charge in [0.15, 0.2) is 5.13 Å². The zero-order valence-corrected chi connectivity index (χ0v) is 13.3. The van der Waals surface area contributed by atoms with E-state index in [1.165, 1.54) is 18.3 Å². The fourth-order valence-electron chi connectivity index (χ4n) is 1.74. The minimum Gasteiger partial charge on any atom is -0.311 e. The summed E-state index contributed by atoms with van der Waals surface area (Å²) in [6.45, 7) is 8.02. The smallest absolute Gasteiger partial charge is 0.223 e. The van der Waals surface area contributed by atoms with Crippen molar-refractivity contribution in [3.8, 4) is 0 Å². The Balaban J connectivity index is 1.87. The highest BCUT2D eigenvalue weighted by Crippen LogP contribution is 2.15. The van der Waals surface area contributed by atoms with Crippen molar-refractivity contribution in [1.29, 1.82) is 0 Å². The monoisotopic (exact) mass is 308 g/mol. The second kappa shape index (κ2) is 7.28. The molecule has 2 aromatic rings. The van der Waals surface area contributed by atoms with Crippen LogP contribution in [0.1, 0.15) is 32.2 Å². The highest BCUT2D eigenvalue weighted by atomic mass is 32.1. The number of nitrogens with zero attached hydrogens (tertiary/aromatic N) is 4. The van der Waals surface area contributed by atoms with Gasteiger partial charge in [0, 0.05) is 18.8 Å². The molecule has 1 amide bonds. The van der Waals surface area contributed by atoms with E-state index in [0.717, 1.165) is 17.9 Å². The number of rotatable bonds is 7. The van der Waals surface area contributed by atoms with Crippen LogP contribution in [0.25, 0.3) is 0 Å². The highest BCUT2D eigenvalue weighted by Gasteiger charge is 2.06. The molecule has 0 fully saturated rings. The van der Waals surface area contributed by atoms with Crippen LogP contribution in [0.5, 0.6) is 0 Å². The molecule has 2 aromatic heterocycles. The fraction of sp³-hybridized carbons (Fsp3) is 0.538. The van der Waals surface area contributed by atoms with E-state index < -0.39 is 0 Å². The first kappa shape index (κ1) is 15.6. The van der Waals surface area contributed by atoms with Crippen molar-refractivity contribution in [3.05, 3.63) is 23.0 Å². The molecule has 0 radical (unpaired) electrons. The maximum atomic E-state index is 11.0. The van der Waals surface area contributed by atoms with E-state index in [-0.39, 0.29) is 5.91 Å². The van der Waals surface area contributed by atoms with Gasteiger partial charge >= 0.3 is 0 Å². The van der Waals surface area contributed by atoms with Gasteiger partial charge < -0.3 is 10.6 Å². The summed E-state index contributed by atoms with van der Waals surface area (Å²) in [6, 6.07) is 0. The number of hydrogen-bond donors (Lipinski definition) is 2. The third-order valence-electron chi connectivity index (χ3n) is 2.60. The Morgan fingerprint density at radius 2 is 2.24 bits per heavy atom. The summed E-state index contributed by atoms with van der Waals surface area (Å²) in [5.74, 6) is 0.498. The molecule has 0 aromatic carbocycles. The quantitative estimate of drug-likeness (QED) is 0.809. The third-order valence-corrected chi connectivity index (χ3v) is 3.41. The summed E-state index contributed by atoms with van der Waals surface area (Å²) in [7, 11) is 0. The van der Waals surface area contributed by atoms with Crippen molar-refractivity contribution >= 4 is 22.4 Å². The second-order valence-electron chi connectivity index (χ2n) is 5.26. The van der Waals surface area contributed by atoms with Crippen molar-refractivity contribution in [2.24, 2.45) is 5.92 Å². The molecule has 7 nitrogen and oxygen atoms in total. The Morgan fingerprint density at radius 1 is 1.43 bits per heavy atom. The summed E-state index contributed by atoms with van der Waals surface area (Å²) >= 11 is 1.40. The van der Waals surface area contributed by atoms with Crippen molar-refractivity contribution in [2.75, 3.05) is 11.9 Å². The van der Waals surface area contributed by atoms with E-state index in [2.05, 4.69) is 39.8 Å². The highest BCUT2D eigenvalue weighted by molar-refractivity contribution is 7.13. The number of nitrogens with one attached hydrogen (secondary N) is 2. The first-order valence-corrected chi connectivity index (χ1v) is 7.72. The molecule has 0 unspecified atom stereocenters. The maximum absolute atomic E-state index is 11.0. The SMILES string of the molecule is CC(=O)Nc1nc(Cn2cc(CNCC(C)C)nn2)cs1. The molecular weight excluding hydrogens is 288 g/mol. The zero-order valence-electron chi connectivity index (χ0n) is 12.5. The van der Waals surface area contributed by atoms with Crippen LogP contribution < -0.4 is 10.6 Å². The molecule has 0 aliphatic heterocycles. The molecule has 8 heteroatoms. The molecule has 0 saturated carbocycles. The molecule has 0 atom stereocenters. The Kier molecular flexibility index (Phi) is 5.40. The lowest BCUT2D eigenvalue weighted by atomic mass is 10.2. The number of carbonyl (C=O) groups is 1. The van der Waals surface area contributed by atoms with Gasteiger partial charge in [-0.1, -0.05) is 19.1 Å². The number of amides is 1. The van der Waals surface area contributed by atoms with E-state index in [0.29, 0.717) is 24.1 Å². The van der Waals surface area contributed by atoms with Gasteiger partial charge in [-0.25, -0.2) is 9.67 Å². The lowest BCUT2D eigenvalue weighted by Gasteiger charge is -2.04. The van der Waals surface area contributed by atoms with E-state index >= 15 is 0 Å². The fourth-order valence-corrected chi connectivity index (χ4v) is 2.49. The molecule has 0 aliphatic rings. The van der Waals surface area contributed by atoms with Crippen molar-refractivity contribution in [2.45, 2.75) is 33.9 Å². The van der Waals surface area contributed by atoms with Gasteiger partial charge in [0.05, 0.1) is 24.1 Å². The topological polar surface area (TPSA) is 84.7 Å². The number of thiazole rings is 1. The van der Waals surface area contributed by atoms with Gasteiger partial charge in [0.25, 0.3) is 0 Å². The van der Waals surface area contributed by atoms with E-state index in [9.17, 15) is 4.79 Å². The molecule has 0 aliphatic carbocycles. The Bertz CT molecular complexity index is 591. The van der Waals surface area contributed by atoms with E-state index in [4.69, 9.17) is 0 Å². The normalized spacial score (nSPS) is 11.0. The van der Waals surface area contributed by atoms with Crippen molar-refractivity contribution < 1.29 is 4.79 Å². The summed E-state index contributed by atoms with van der Waals surface area (Å²) in [5.41, 5.74) is 1.77. The van der Waals surface area contributed by atoms with Crippen LogP contribution in [0.15, 0.2) is 11.6 Å². The van der Waals surface area contributed by atoms with Gasteiger partial charge in [-0.05, 0) is 12.5 Å². The average molecular weight is 308 g/mol. The maximum Gasteiger partial charge on any atom is 0.223 e. The first-order chi connectivity index (χ1) is 10.0. The van der Waals surface area contributed by atoms with Gasteiger partial charge in [-0.2, -0.15) is 0 Å². The molecule has 2 heterocycles. The van der Waals surface area contributed by atoms with E-state index in [1.807, 2.05) is 11.6 Å². The Morgan fingerprint density at radius 3 is 2.95 bits per heavy atom. The minimum atomic E-state index is -0.116. The van der Waals surface area contributed by atoms with Crippen LogP contribution >= 0.6 is 11.3 Å². The molecule has 2 rings (SSSR count). The van der Waals surface area contributed by atoms with Gasteiger partial charge in [-0.15, -0.1) is 16.4 Å². The number of anilines is 1. The van der Waals surface area contributed by atoms with Gasteiger partial charge in [0.2, 0.25) is 5.91 Å². The van der Waals surface area contributed by atoms with Crippen LogP contribution in [0.2, 0.25) is 0 Å². The number of aromatic nitrogens is 4. The standard InChI is InChI=1S/C13H20N6OS/c1-9(2)4-14-5-11-6-19(18-17-11)7-12-8-21-13(16-12)15-10(3)20/h6,8-9,14H,4-5,7H2,1-3H3,(H,15,16,20). The zero-order chi connectivity index (χ0) is 15.2. The lowest BCUT2D eigenvalue weighted by Crippen LogP contribution is -2.19. The van der Waals surface area contributed by atoms with Gasteiger partial charge in [0.1, 0.15) is 0 Å². The van der Waals surface area contributed by atoms with Crippen LogP contribution in [-0.4, -0.2) is 32.4 Å². The summed E-state index contributed by atoms with van der Waals surface area (Å²) in [6.07, 6.45) is 1.91. The van der Waals surface area contributed by atoms with Crippen LogP contribution in [0.4, 0.5) is 5.13 Å². The molecule has 0 spiro atoms. The van der Waals surface area contributed by atoms with E-state index in [1.54, 1.807) is 4.68 Å². The van der Waals surface area contributed by atoms with Crippen LogP contribution in [-0.2, 0) is 17.9 Å². The Hall–Kier alpha value is -1.80. The predicted octanol–water partition coefficient (Wildman–Crippen LogP) is 1.49. The molecule has 2 N–H and O–H groups in total. The average Bonchev–Trinajstić information content (AvgIpc) is 2.99. The predicted molar refractivity (Wildman–Crippen MR) is 82.1 cm³/mol. The third kappa shape index (κ3) is 5.24. The molecular formula is C13H20N6OS. The largest absolute Gasteiger partial charge is 0.311 e. The number of carbonyl (C=O) groups excluding carboxylic acids is 1. The molecule has 0 saturated heterocycles. The molecule has 0 bridgehead atoms. The van der Waals surface area contributed by atoms with Crippen molar-refractivity contribution in [3.63, 3.8) is 0 Å². The molecule has 21 heavy (non-hydrogen) atoms. The van der Waals surface area contributed by atoms with Crippen molar-refractivity contribution in [1.82, 2.24) is 25.3 Å². The number of hydrogen-bond acceptors (Lipinski definition) is 6. The van der Waals surface area contributed by atoms with Crippen LogP contribution in [0.3, 0.4) is 0 Å². The minimum absolute atomic E-state index is 0.116. The van der Waals surface area contributed by atoms with Gasteiger partial charge in [-0.3, -0.25) is 4.79 Å². The molecule has 114 valence electrons. The van der Waals surface area contributed by atoms with Crippen LogP contribution in [0, 0.1) is 5.92 Å². The first-order valence-electron chi connectivity index (χ1n) is 6.84. The second-order valence-corrected chi connectivity index (χ2v) is 6.12. The summed E-state index contributed by atoms with van der Waals surface area (Å²) in [4.78, 5) is 15.3.